The van der Waals surface area contributed by atoms with E-state index in [9.17, 15) is 13.2 Å². The van der Waals surface area contributed by atoms with Gasteiger partial charge < -0.3 is 9.73 Å². The van der Waals surface area contributed by atoms with E-state index in [1.54, 1.807) is 36.4 Å². The number of rotatable bonds is 7. The first-order chi connectivity index (χ1) is 13.8. The normalized spacial score (nSPS) is 11.3. The first kappa shape index (κ1) is 21.2. The lowest BCUT2D eigenvalue weighted by atomic mass is 10.2. The third-order valence-electron chi connectivity index (χ3n) is 4.14. The molecule has 0 aliphatic carbocycles. The monoisotopic (exact) mass is 452 g/mol. The number of aryl methyl sites for hydroxylation is 1. The number of halogens is 2. The SMILES string of the molecule is Cc1ccc(S(=O)(=O)N(CC(=O)NCc2ccco2)c2cccc(Cl)c2Cl)cc1. The van der Waals surface area contributed by atoms with E-state index in [1.165, 1.54) is 24.5 Å². The van der Waals surface area contributed by atoms with Gasteiger partial charge in [-0.05, 0) is 43.3 Å². The van der Waals surface area contributed by atoms with Crippen molar-refractivity contribution >= 4 is 44.8 Å². The van der Waals surface area contributed by atoms with Crippen LogP contribution in [-0.4, -0.2) is 20.9 Å². The number of nitrogens with one attached hydrogen (secondary N) is 1. The van der Waals surface area contributed by atoms with Gasteiger partial charge in [-0.3, -0.25) is 9.10 Å². The smallest absolute Gasteiger partial charge is 0.264 e. The second kappa shape index (κ2) is 8.90. The van der Waals surface area contributed by atoms with E-state index in [0.717, 1.165) is 9.87 Å². The third kappa shape index (κ3) is 4.93. The van der Waals surface area contributed by atoms with Gasteiger partial charge in [0.1, 0.15) is 12.3 Å². The summed E-state index contributed by atoms with van der Waals surface area (Å²) in [6.07, 6.45) is 1.49. The highest BCUT2D eigenvalue weighted by molar-refractivity contribution is 7.92. The molecule has 0 atom stereocenters. The molecule has 0 bridgehead atoms. The summed E-state index contributed by atoms with van der Waals surface area (Å²) >= 11 is 12.3. The fourth-order valence-electron chi connectivity index (χ4n) is 2.61. The Kier molecular flexibility index (Phi) is 6.52. The van der Waals surface area contributed by atoms with Crippen molar-refractivity contribution in [2.75, 3.05) is 10.8 Å². The van der Waals surface area contributed by atoms with Crippen molar-refractivity contribution in [3.63, 3.8) is 0 Å². The van der Waals surface area contributed by atoms with Crippen LogP contribution in [0.4, 0.5) is 5.69 Å². The van der Waals surface area contributed by atoms with E-state index in [2.05, 4.69) is 5.32 Å². The molecule has 6 nitrogen and oxygen atoms in total. The first-order valence-corrected chi connectivity index (χ1v) is 10.8. The van der Waals surface area contributed by atoms with Crippen molar-refractivity contribution in [2.45, 2.75) is 18.4 Å². The van der Waals surface area contributed by atoms with Crippen LogP contribution in [0.2, 0.25) is 10.0 Å². The standard InChI is InChI=1S/C20H18Cl2N2O4S/c1-14-7-9-16(10-8-14)29(26,27)24(18-6-2-5-17(21)20(18)22)13-19(25)23-12-15-4-3-11-28-15/h2-11H,12-13H2,1H3,(H,23,25). The van der Waals surface area contributed by atoms with Crippen LogP contribution in [0.5, 0.6) is 0 Å². The molecule has 0 unspecified atom stereocenters. The maximum absolute atomic E-state index is 13.3. The van der Waals surface area contributed by atoms with Crippen LogP contribution >= 0.6 is 23.2 Å². The predicted molar refractivity (Wildman–Crippen MR) is 113 cm³/mol. The van der Waals surface area contributed by atoms with Crippen LogP contribution in [-0.2, 0) is 21.4 Å². The van der Waals surface area contributed by atoms with Crippen LogP contribution in [0.25, 0.3) is 0 Å². The van der Waals surface area contributed by atoms with Gasteiger partial charge in [0.15, 0.2) is 0 Å². The highest BCUT2D eigenvalue weighted by Crippen LogP contribution is 2.35. The zero-order valence-corrected chi connectivity index (χ0v) is 17.8. The van der Waals surface area contributed by atoms with Gasteiger partial charge in [0.25, 0.3) is 10.0 Å². The molecular formula is C20H18Cl2N2O4S. The van der Waals surface area contributed by atoms with E-state index in [-0.39, 0.29) is 27.2 Å². The van der Waals surface area contributed by atoms with Crippen LogP contribution < -0.4 is 9.62 Å². The molecule has 1 aromatic heterocycles. The summed E-state index contributed by atoms with van der Waals surface area (Å²) in [5.74, 6) is 0.0280. The molecule has 3 rings (SSSR count). The summed E-state index contributed by atoms with van der Waals surface area (Å²) in [4.78, 5) is 12.6. The van der Waals surface area contributed by atoms with Gasteiger partial charge in [-0.15, -0.1) is 0 Å². The summed E-state index contributed by atoms with van der Waals surface area (Å²) in [5.41, 5.74) is 1.03. The molecule has 9 heteroatoms. The van der Waals surface area contributed by atoms with Crippen LogP contribution in [0.3, 0.4) is 0 Å². The highest BCUT2D eigenvalue weighted by Gasteiger charge is 2.29. The third-order valence-corrected chi connectivity index (χ3v) is 6.72. The second-order valence-electron chi connectivity index (χ2n) is 6.25. The number of sulfonamides is 1. The maximum atomic E-state index is 13.3. The first-order valence-electron chi connectivity index (χ1n) is 8.61. The second-order valence-corrected chi connectivity index (χ2v) is 8.90. The minimum absolute atomic E-state index is 0.0398. The molecule has 0 spiro atoms. The largest absolute Gasteiger partial charge is 0.467 e. The van der Waals surface area contributed by atoms with Crippen molar-refractivity contribution in [1.82, 2.24) is 5.32 Å². The minimum Gasteiger partial charge on any atom is -0.467 e. The molecule has 0 aliphatic heterocycles. The van der Waals surface area contributed by atoms with E-state index < -0.39 is 22.5 Å². The van der Waals surface area contributed by atoms with Crippen molar-refractivity contribution < 1.29 is 17.6 Å². The van der Waals surface area contributed by atoms with Crippen molar-refractivity contribution in [3.8, 4) is 0 Å². The Labute approximate surface area is 179 Å². The van der Waals surface area contributed by atoms with Crippen LogP contribution in [0.15, 0.2) is 70.2 Å². The summed E-state index contributed by atoms with van der Waals surface area (Å²) in [6, 6.07) is 14.3. The average Bonchev–Trinajstić information content (AvgIpc) is 3.21. The zero-order valence-electron chi connectivity index (χ0n) is 15.4. The molecule has 29 heavy (non-hydrogen) atoms. The Morgan fingerprint density at radius 3 is 2.45 bits per heavy atom. The van der Waals surface area contributed by atoms with Gasteiger partial charge in [-0.1, -0.05) is 47.0 Å². The molecule has 1 amide bonds. The van der Waals surface area contributed by atoms with Crippen LogP contribution in [0.1, 0.15) is 11.3 Å². The molecule has 0 fully saturated rings. The number of carbonyl (C=O) groups is 1. The summed E-state index contributed by atoms with van der Waals surface area (Å²) in [7, 11) is -4.07. The number of nitrogens with zero attached hydrogens (tertiary/aromatic N) is 1. The highest BCUT2D eigenvalue weighted by atomic mass is 35.5. The summed E-state index contributed by atoms with van der Waals surface area (Å²) in [5, 5.41) is 2.87. The maximum Gasteiger partial charge on any atom is 0.264 e. The van der Waals surface area contributed by atoms with Crippen molar-refractivity contribution in [2.24, 2.45) is 0 Å². The number of amides is 1. The Hall–Kier alpha value is -2.48. The number of anilines is 1. The van der Waals surface area contributed by atoms with E-state index in [4.69, 9.17) is 27.6 Å². The Morgan fingerprint density at radius 2 is 1.79 bits per heavy atom. The molecule has 0 radical (unpaired) electrons. The molecule has 2 aromatic carbocycles. The van der Waals surface area contributed by atoms with Crippen molar-refractivity contribution in [3.05, 3.63) is 82.2 Å². The minimum atomic E-state index is -4.07. The topological polar surface area (TPSA) is 79.6 Å². The van der Waals surface area contributed by atoms with E-state index in [0.29, 0.717) is 5.76 Å². The Bertz CT molecular complexity index is 1100. The Balaban J connectivity index is 1.94. The lowest BCUT2D eigenvalue weighted by Gasteiger charge is -2.25. The molecule has 1 N–H and O–H groups in total. The van der Waals surface area contributed by atoms with Crippen LogP contribution in [0, 0.1) is 6.92 Å². The van der Waals surface area contributed by atoms with E-state index in [1.807, 2.05) is 6.92 Å². The number of carbonyl (C=O) groups excluding carboxylic acids is 1. The summed E-state index contributed by atoms with van der Waals surface area (Å²) < 4.78 is 32.7. The molecule has 0 aliphatic rings. The molecule has 0 saturated heterocycles. The fourth-order valence-corrected chi connectivity index (χ4v) is 4.49. The molecule has 152 valence electrons. The lowest BCUT2D eigenvalue weighted by Crippen LogP contribution is -2.40. The fraction of sp³-hybridized carbons (Fsp3) is 0.150. The number of benzene rings is 2. The Morgan fingerprint density at radius 1 is 1.07 bits per heavy atom. The average molecular weight is 453 g/mol. The van der Waals surface area contributed by atoms with Gasteiger partial charge >= 0.3 is 0 Å². The zero-order chi connectivity index (χ0) is 21.0. The quantitative estimate of drug-likeness (QED) is 0.575. The van der Waals surface area contributed by atoms with Gasteiger partial charge in [-0.25, -0.2) is 8.42 Å². The van der Waals surface area contributed by atoms with Gasteiger partial charge in [0, 0.05) is 0 Å². The molecule has 3 aromatic rings. The summed E-state index contributed by atoms with van der Waals surface area (Å²) in [6.45, 7) is 1.51. The lowest BCUT2D eigenvalue weighted by molar-refractivity contribution is -0.119. The molecule has 0 saturated carbocycles. The number of hydrogen-bond donors (Lipinski definition) is 1. The van der Waals surface area contributed by atoms with Gasteiger partial charge in [0.05, 0.1) is 33.4 Å². The number of furan rings is 1. The van der Waals surface area contributed by atoms with Crippen molar-refractivity contribution in [1.29, 1.82) is 0 Å². The molecule has 1 heterocycles. The van der Waals surface area contributed by atoms with Gasteiger partial charge in [0.2, 0.25) is 5.91 Å². The van der Waals surface area contributed by atoms with Gasteiger partial charge in [-0.2, -0.15) is 0 Å². The molecular weight excluding hydrogens is 435 g/mol. The predicted octanol–water partition coefficient (Wildman–Crippen LogP) is 4.41. The van der Waals surface area contributed by atoms with E-state index >= 15 is 0 Å². The number of hydrogen-bond acceptors (Lipinski definition) is 4.